The summed E-state index contributed by atoms with van der Waals surface area (Å²) >= 11 is 1.35. The lowest BCUT2D eigenvalue weighted by atomic mass is 10.1. The van der Waals surface area contributed by atoms with Crippen LogP contribution >= 0.6 is 11.3 Å². The number of fused-ring (bicyclic) bond motifs is 1. The number of rotatable bonds is 5. The topological polar surface area (TPSA) is 75.3 Å². The van der Waals surface area contributed by atoms with Crippen molar-refractivity contribution in [2.45, 2.75) is 20.4 Å². The molecule has 0 unspecified atom stereocenters. The summed E-state index contributed by atoms with van der Waals surface area (Å²) in [5.41, 5.74) is 2.61. The van der Waals surface area contributed by atoms with Crippen LogP contribution in [0.5, 0.6) is 5.75 Å². The second kappa shape index (κ2) is 7.06. The molecule has 0 radical (unpaired) electrons. The predicted octanol–water partition coefficient (Wildman–Crippen LogP) is 2.64. The van der Waals surface area contributed by atoms with Crippen LogP contribution < -0.4 is 10.3 Å². The summed E-state index contributed by atoms with van der Waals surface area (Å²) in [7, 11) is 1.66. The number of aromatic amines is 1. The Morgan fingerprint density at radius 3 is 2.88 bits per heavy atom. The molecule has 130 valence electrons. The van der Waals surface area contributed by atoms with Crippen LogP contribution in [0, 0.1) is 13.8 Å². The first-order valence-electron chi connectivity index (χ1n) is 7.84. The minimum absolute atomic E-state index is 0.0642. The van der Waals surface area contributed by atoms with Gasteiger partial charge in [-0.15, -0.1) is 11.3 Å². The summed E-state index contributed by atoms with van der Waals surface area (Å²) in [6.45, 7) is 4.11. The number of aromatic nitrogens is 2. The Hall–Kier alpha value is -2.67. The highest BCUT2D eigenvalue weighted by Gasteiger charge is 2.13. The molecule has 3 rings (SSSR count). The van der Waals surface area contributed by atoms with Crippen LogP contribution in [0.4, 0.5) is 0 Å². The zero-order chi connectivity index (χ0) is 18.0. The van der Waals surface area contributed by atoms with Crippen LogP contribution in [0.25, 0.3) is 10.2 Å². The number of likely N-dealkylation sites (N-methyl/N-ethyl adjacent to an activating group) is 1. The van der Waals surface area contributed by atoms with Gasteiger partial charge in [0.15, 0.2) is 6.61 Å². The fraction of sp³-hybridized carbons (Fsp3) is 0.278. The Bertz CT molecular complexity index is 977. The maximum Gasteiger partial charge on any atom is 0.268 e. The van der Waals surface area contributed by atoms with Crippen molar-refractivity contribution in [3.8, 4) is 5.75 Å². The third-order valence-electron chi connectivity index (χ3n) is 3.86. The van der Waals surface area contributed by atoms with Crippen molar-refractivity contribution in [3.63, 3.8) is 0 Å². The van der Waals surface area contributed by atoms with Crippen LogP contribution in [0.15, 0.2) is 34.4 Å². The molecular weight excluding hydrogens is 338 g/mol. The largest absolute Gasteiger partial charge is 0.484 e. The van der Waals surface area contributed by atoms with Gasteiger partial charge < -0.3 is 14.6 Å². The van der Waals surface area contributed by atoms with Crippen molar-refractivity contribution in [1.29, 1.82) is 0 Å². The van der Waals surface area contributed by atoms with Crippen LogP contribution in [0.3, 0.4) is 0 Å². The van der Waals surface area contributed by atoms with E-state index in [9.17, 15) is 9.59 Å². The molecular formula is C18H19N3O3S. The lowest BCUT2D eigenvalue weighted by Crippen LogP contribution is -2.32. The van der Waals surface area contributed by atoms with Crippen molar-refractivity contribution in [3.05, 3.63) is 57.0 Å². The summed E-state index contributed by atoms with van der Waals surface area (Å²) in [4.78, 5) is 32.8. The Morgan fingerprint density at radius 1 is 1.32 bits per heavy atom. The number of benzene rings is 1. The third kappa shape index (κ3) is 3.88. The molecule has 0 aliphatic carbocycles. The standard InChI is InChI=1S/C18H19N3O3S/c1-11-4-5-14(12(2)8-11)24-10-16(22)21(3)9-15-19-13-6-7-25-17(13)18(23)20-15/h4-8H,9-10H2,1-3H3,(H,19,20,23). The number of hydrogen-bond donors (Lipinski definition) is 1. The van der Waals surface area contributed by atoms with Gasteiger partial charge in [-0.1, -0.05) is 17.7 Å². The second-order valence-electron chi connectivity index (χ2n) is 5.96. The highest BCUT2D eigenvalue weighted by Crippen LogP contribution is 2.19. The average molecular weight is 357 g/mol. The number of carbonyl (C=O) groups is 1. The van der Waals surface area contributed by atoms with Crippen molar-refractivity contribution in [1.82, 2.24) is 14.9 Å². The Balaban J connectivity index is 1.64. The van der Waals surface area contributed by atoms with Gasteiger partial charge in [-0.3, -0.25) is 9.59 Å². The van der Waals surface area contributed by atoms with Crippen molar-refractivity contribution < 1.29 is 9.53 Å². The summed E-state index contributed by atoms with van der Waals surface area (Å²) in [6, 6.07) is 7.61. The van der Waals surface area contributed by atoms with E-state index in [0.29, 0.717) is 21.8 Å². The van der Waals surface area contributed by atoms with Gasteiger partial charge in [0.05, 0.1) is 12.1 Å². The predicted molar refractivity (Wildman–Crippen MR) is 98.1 cm³/mol. The Kier molecular flexibility index (Phi) is 4.85. The average Bonchev–Trinajstić information content (AvgIpc) is 3.02. The fourth-order valence-electron chi connectivity index (χ4n) is 2.52. The zero-order valence-electron chi connectivity index (χ0n) is 14.3. The molecule has 0 bridgehead atoms. The molecule has 0 atom stereocenters. The summed E-state index contributed by atoms with van der Waals surface area (Å²) in [6.07, 6.45) is 0. The maximum absolute atomic E-state index is 12.3. The summed E-state index contributed by atoms with van der Waals surface area (Å²) < 4.78 is 6.21. The van der Waals surface area contributed by atoms with E-state index in [1.807, 2.05) is 37.4 Å². The first-order chi connectivity index (χ1) is 11.9. The molecule has 0 saturated heterocycles. The van der Waals surface area contributed by atoms with Gasteiger partial charge >= 0.3 is 0 Å². The number of amides is 1. The first kappa shape index (κ1) is 17.2. The van der Waals surface area contributed by atoms with Crippen LogP contribution in [0.1, 0.15) is 17.0 Å². The van der Waals surface area contributed by atoms with E-state index in [2.05, 4.69) is 9.97 Å². The van der Waals surface area contributed by atoms with Crippen LogP contribution in [-0.2, 0) is 11.3 Å². The van der Waals surface area contributed by atoms with E-state index in [1.165, 1.54) is 16.2 Å². The molecule has 1 amide bonds. The quantitative estimate of drug-likeness (QED) is 0.762. The van der Waals surface area contributed by atoms with Gasteiger partial charge in [0, 0.05) is 7.05 Å². The van der Waals surface area contributed by atoms with Gasteiger partial charge in [0.2, 0.25) is 0 Å². The van der Waals surface area contributed by atoms with Gasteiger partial charge in [-0.25, -0.2) is 4.98 Å². The lowest BCUT2D eigenvalue weighted by Gasteiger charge is -2.17. The number of aryl methyl sites for hydroxylation is 2. The van der Waals surface area contributed by atoms with E-state index in [-0.39, 0.29) is 24.6 Å². The van der Waals surface area contributed by atoms with Crippen molar-refractivity contribution in [2.24, 2.45) is 0 Å². The third-order valence-corrected chi connectivity index (χ3v) is 4.76. The molecule has 1 N–H and O–H groups in total. The monoisotopic (exact) mass is 357 g/mol. The zero-order valence-corrected chi connectivity index (χ0v) is 15.1. The number of nitrogens with one attached hydrogen (secondary N) is 1. The fourth-order valence-corrected chi connectivity index (χ4v) is 3.25. The number of nitrogens with zero attached hydrogens (tertiary/aromatic N) is 2. The summed E-state index contributed by atoms with van der Waals surface area (Å²) in [5.74, 6) is 0.963. The smallest absolute Gasteiger partial charge is 0.268 e. The van der Waals surface area contributed by atoms with E-state index in [0.717, 1.165) is 11.1 Å². The lowest BCUT2D eigenvalue weighted by molar-refractivity contribution is -0.132. The van der Waals surface area contributed by atoms with Gasteiger partial charge in [-0.05, 0) is 36.9 Å². The van der Waals surface area contributed by atoms with E-state index in [1.54, 1.807) is 13.1 Å². The highest BCUT2D eigenvalue weighted by molar-refractivity contribution is 7.17. The van der Waals surface area contributed by atoms with E-state index in [4.69, 9.17) is 4.74 Å². The van der Waals surface area contributed by atoms with E-state index < -0.39 is 0 Å². The molecule has 0 fully saturated rings. The molecule has 0 aliphatic rings. The van der Waals surface area contributed by atoms with Crippen LogP contribution in [0.2, 0.25) is 0 Å². The molecule has 6 nitrogen and oxygen atoms in total. The molecule has 25 heavy (non-hydrogen) atoms. The summed E-state index contributed by atoms with van der Waals surface area (Å²) in [5, 5.41) is 1.82. The van der Waals surface area contributed by atoms with E-state index >= 15 is 0 Å². The molecule has 2 heterocycles. The Morgan fingerprint density at radius 2 is 2.12 bits per heavy atom. The second-order valence-corrected chi connectivity index (χ2v) is 6.87. The van der Waals surface area contributed by atoms with Gasteiger partial charge in [0.25, 0.3) is 11.5 Å². The molecule has 0 spiro atoms. The number of H-pyrrole nitrogens is 1. The molecule has 0 saturated carbocycles. The molecule has 7 heteroatoms. The van der Waals surface area contributed by atoms with Gasteiger partial charge in [0.1, 0.15) is 16.3 Å². The minimum atomic E-state index is -0.187. The number of hydrogen-bond acceptors (Lipinski definition) is 5. The van der Waals surface area contributed by atoms with Crippen molar-refractivity contribution >= 4 is 27.5 Å². The number of thiophene rings is 1. The highest BCUT2D eigenvalue weighted by atomic mass is 32.1. The van der Waals surface area contributed by atoms with Crippen LogP contribution in [-0.4, -0.2) is 34.4 Å². The molecule has 3 aromatic rings. The first-order valence-corrected chi connectivity index (χ1v) is 8.72. The maximum atomic E-state index is 12.3. The van der Waals surface area contributed by atoms with Crippen molar-refractivity contribution in [2.75, 3.05) is 13.7 Å². The number of carbonyl (C=O) groups excluding carboxylic acids is 1. The SMILES string of the molecule is Cc1ccc(OCC(=O)N(C)Cc2nc3ccsc3c(=O)[nH]2)c(C)c1. The molecule has 1 aromatic carbocycles. The molecule has 2 aromatic heterocycles. The minimum Gasteiger partial charge on any atom is -0.484 e. The van der Waals surface area contributed by atoms with Gasteiger partial charge in [-0.2, -0.15) is 0 Å². The Labute approximate surface area is 149 Å². The molecule has 0 aliphatic heterocycles. The normalized spacial score (nSPS) is 10.8. The number of ether oxygens (including phenoxy) is 1.